The third-order valence-electron chi connectivity index (χ3n) is 9.55. The van der Waals surface area contributed by atoms with E-state index in [2.05, 4.69) is 10.3 Å². The van der Waals surface area contributed by atoms with E-state index in [0.717, 1.165) is 16.2 Å². The number of aliphatic hydroxyl groups is 4. The Kier molecular flexibility index (Phi) is 7.60. The van der Waals surface area contributed by atoms with Crippen LogP contribution in [-0.2, 0) is 14.4 Å². The fraction of sp³-hybridized carbons (Fsp3) is 0.258. The molecule has 18 nitrogen and oxygen atoms in total. The van der Waals surface area contributed by atoms with Gasteiger partial charge in [0.1, 0.15) is 46.1 Å². The summed E-state index contributed by atoms with van der Waals surface area (Å²) >= 11 is 1.05. The van der Waals surface area contributed by atoms with Gasteiger partial charge in [-0.05, 0) is 25.7 Å². The zero-order valence-electron chi connectivity index (χ0n) is 26.0. The minimum atomic E-state index is -3.17. The first-order valence-corrected chi connectivity index (χ1v) is 15.4. The molecule has 1 aromatic heterocycles. The van der Waals surface area contributed by atoms with Crippen molar-refractivity contribution < 1.29 is 44.8 Å². The number of likely N-dealkylation sites (N-methyl/N-ethyl adjacent to an activating group) is 1. The number of hydrogen-bond donors (Lipinski definition) is 9. The van der Waals surface area contributed by atoms with E-state index in [1.54, 1.807) is 17.5 Å². The number of nitrogens with zero attached hydrogens (tertiary/aromatic N) is 4. The number of aromatic hydroxyl groups is 1. The number of rotatable bonds is 6. The van der Waals surface area contributed by atoms with E-state index in [4.69, 9.17) is 17.2 Å². The number of primary amides is 1. The summed E-state index contributed by atoms with van der Waals surface area (Å²) in [6.07, 6.45) is -4.61. The minimum absolute atomic E-state index is 0.116. The second-order valence-corrected chi connectivity index (χ2v) is 13.2. The Bertz CT molecular complexity index is 2170. The number of aromatic nitrogens is 1. The predicted molar refractivity (Wildman–Crippen MR) is 174 cm³/mol. The molecule has 0 bridgehead atoms. The molecule has 0 unspecified atom stereocenters. The van der Waals surface area contributed by atoms with E-state index in [-0.39, 0.29) is 22.1 Å². The van der Waals surface area contributed by atoms with Crippen molar-refractivity contribution in [2.45, 2.75) is 29.3 Å². The van der Waals surface area contributed by atoms with Gasteiger partial charge in [0.2, 0.25) is 0 Å². The number of Topliss-reactive ketones (excluding diaryl/α,β-unsaturated/α-hetero) is 2. The summed E-state index contributed by atoms with van der Waals surface area (Å²) in [7, 11) is 2.55. The average Bonchev–Trinajstić information content (AvgIpc) is 3.52. The monoisotopic (exact) mass is 704 g/mol. The van der Waals surface area contributed by atoms with Gasteiger partial charge in [-0.1, -0.05) is 18.2 Å². The molecule has 19 heteroatoms. The normalized spacial score (nSPS) is 28.9. The number of ketones is 2. The molecule has 1 saturated carbocycles. The quantitative estimate of drug-likeness (QED) is 0.0713. The van der Waals surface area contributed by atoms with Crippen LogP contribution >= 0.6 is 11.3 Å². The largest absolute Gasteiger partial charge is 0.509 e. The van der Waals surface area contributed by atoms with Gasteiger partial charge in [-0.25, -0.2) is 4.98 Å². The number of carbonyl (C=O) groups is 3. The van der Waals surface area contributed by atoms with Crippen molar-refractivity contribution in [1.82, 2.24) is 9.88 Å². The lowest BCUT2D eigenvalue weighted by atomic mass is 9.45. The van der Waals surface area contributed by atoms with Crippen LogP contribution in [0.15, 0.2) is 58.7 Å². The van der Waals surface area contributed by atoms with E-state index in [9.17, 15) is 55.3 Å². The number of hydrogen-bond acceptors (Lipinski definition) is 17. The van der Waals surface area contributed by atoms with Gasteiger partial charge >= 0.3 is 0 Å². The summed E-state index contributed by atoms with van der Waals surface area (Å²) in [5.41, 5.74) is 7.34. The molecule has 0 radical (unpaired) electrons. The number of nitrogens with one attached hydrogen (secondary N) is 1. The molecule has 50 heavy (non-hydrogen) atoms. The molecule has 1 amide bonds. The molecule has 0 spiro atoms. The lowest BCUT2D eigenvalue weighted by molar-refractivity contribution is -0.384. The molecule has 258 valence electrons. The van der Waals surface area contributed by atoms with Crippen LogP contribution in [0, 0.1) is 26.9 Å². The number of benzene rings is 2. The molecular formula is C31H28N8O10S. The first kappa shape index (κ1) is 34.1. The molecule has 6 atom stereocenters. The highest BCUT2D eigenvalue weighted by Gasteiger charge is 2.79. The number of amides is 1. The first-order chi connectivity index (χ1) is 23.4. The fourth-order valence-corrected chi connectivity index (χ4v) is 8.00. The van der Waals surface area contributed by atoms with Gasteiger partial charge in [-0.15, -0.1) is 11.3 Å². The number of nitro benzene ring substituents is 1. The Labute approximate surface area is 285 Å². The number of nitriles is 1. The molecule has 1 fully saturated rings. The van der Waals surface area contributed by atoms with Gasteiger partial charge in [0.15, 0.2) is 22.1 Å². The highest BCUT2D eigenvalue weighted by molar-refractivity contribution is 7.14. The zero-order valence-corrected chi connectivity index (χ0v) is 26.8. The number of anilines is 2. The number of phenolic OH excluding ortho intramolecular Hbond substituents is 1. The molecule has 3 aliphatic rings. The number of thiazole rings is 1. The third kappa shape index (κ3) is 4.11. The van der Waals surface area contributed by atoms with Crippen molar-refractivity contribution in [1.29, 1.82) is 5.26 Å². The molecular weight excluding hydrogens is 676 g/mol. The van der Waals surface area contributed by atoms with Crippen LogP contribution in [0.4, 0.5) is 16.5 Å². The number of fused-ring (bicyclic) bond motifs is 3. The summed E-state index contributed by atoms with van der Waals surface area (Å²) < 4.78 is 0. The van der Waals surface area contributed by atoms with Crippen molar-refractivity contribution in [3.05, 3.63) is 79.9 Å². The number of aliphatic hydroxyl groups excluding tert-OH is 4. The number of nitrogens with two attached hydrogens (primary N) is 3. The maximum absolute atomic E-state index is 14.6. The van der Waals surface area contributed by atoms with Crippen molar-refractivity contribution in [3.8, 4) is 23.1 Å². The predicted octanol–water partition coefficient (Wildman–Crippen LogP) is 0.142. The number of non-ortho nitro benzene ring substituents is 1. The molecule has 6 rings (SSSR count). The summed E-state index contributed by atoms with van der Waals surface area (Å²) in [6, 6.07) is 7.85. The number of carbonyl (C=O) groups excluding carboxylic acids is 3. The summed E-state index contributed by atoms with van der Waals surface area (Å²) in [5.74, 6) is -7.67. The van der Waals surface area contributed by atoms with Gasteiger partial charge in [0, 0.05) is 23.1 Å². The Balaban J connectivity index is 1.52. The third-order valence-corrected chi connectivity index (χ3v) is 10.3. The van der Waals surface area contributed by atoms with Gasteiger partial charge in [-0.2, -0.15) is 5.26 Å². The fourth-order valence-electron chi connectivity index (χ4n) is 7.27. The second kappa shape index (κ2) is 11.1. The van der Waals surface area contributed by atoms with Crippen LogP contribution in [0.1, 0.15) is 17.2 Å². The van der Waals surface area contributed by atoms with Crippen molar-refractivity contribution in [2.75, 3.05) is 19.4 Å². The van der Waals surface area contributed by atoms with Gasteiger partial charge in [0.05, 0.1) is 39.6 Å². The van der Waals surface area contributed by atoms with E-state index in [1.807, 2.05) is 0 Å². The lowest BCUT2D eigenvalue weighted by Crippen LogP contribution is -2.87. The number of phenols is 1. The van der Waals surface area contributed by atoms with E-state index < -0.39 is 91.1 Å². The topological polar surface area (TPSA) is 326 Å². The van der Waals surface area contributed by atoms with Crippen molar-refractivity contribution in [3.63, 3.8) is 0 Å². The SMILES string of the molecule is CN(C)[C@@H]1C(=O)C(C(N)=O)=C(O)[C@@]2(C#N)C(=O)C3=C(O)c4c(ccc(Nc5nc(-c6cccc([N+](=O)[O-])c6)cs5)c4O)[C@H](O)[C@@]3(N)[C@H](O)[C@@]12N. The Hall–Kier alpha value is -5.75. The first-order valence-electron chi connectivity index (χ1n) is 14.5. The maximum Gasteiger partial charge on any atom is 0.270 e. The van der Waals surface area contributed by atoms with E-state index >= 15 is 0 Å². The van der Waals surface area contributed by atoms with Gasteiger partial charge in [0.25, 0.3) is 11.6 Å². The van der Waals surface area contributed by atoms with Crippen molar-refractivity contribution >= 4 is 51.1 Å². The molecule has 12 N–H and O–H groups in total. The van der Waals surface area contributed by atoms with Crippen LogP contribution in [0.2, 0.25) is 0 Å². The van der Waals surface area contributed by atoms with Crippen LogP contribution < -0.4 is 22.5 Å². The van der Waals surface area contributed by atoms with Crippen LogP contribution in [0.3, 0.4) is 0 Å². The van der Waals surface area contributed by atoms with Crippen LogP contribution in [0.25, 0.3) is 17.0 Å². The zero-order chi connectivity index (χ0) is 36.8. The molecule has 3 aromatic rings. The van der Waals surface area contributed by atoms with Gasteiger partial charge < -0.3 is 48.1 Å². The minimum Gasteiger partial charge on any atom is -0.509 e. The summed E-state index contributed by atoms with van der Waals surface area (Å²) in [4.78, 5) is 56.6. The van der Waals surface area contributed by atoms with Crippen LogP contribution in [-0.4, -0.2) is 95.1 Å². The highest BCUT2D eigenvalue weighted by Crippen LogP contribution is 2.61. The maximum atomic E-state index is 14.6. The number of nitro groups is 1. The summed E-state index contributed by atoms with van der Waals surface area (Å²) in [6.45, 7) is 0. The Morgan fingerprint density at radius 3 is 2.44 bits per heavy atom. The van der Waals surface area contributed by atoms with Crippen LogP contribution in [0.5, 0.6) is 5.75 Å². The molecule has 3 aliphatic carbocycles. The van der Waals surface area contributed by atoms with E-state index in [0.29, 0.717) is 11.3 Å². The second-order valence-electron chi connectivity index (χ2n) is 12.3. The smallest absolute Gasteiger partial charge is 0.270 e. The molecule has 2 aromatic carbocycles. The average molecular weight is 705 g/mol. The van der Waals surface area contributed by atoms with Gasteiger partial charge in [-0.3, -0.25) is 29.4 Å². The molecule has 1 heterocycles. The standard InChI is InChI=1S/C31H28N8O10S/c1-38(2)22-21(42)17(26(33)46)24(44)29(10-32)25(45)18-20(41)16-13(23(43)30(18,34)27(47)31(22,29)35)6-7-14(19(16)40)36-28-37-15(9-50-28)11-4-3-5-12(8-11)39(48)49/h3-9,22-23,27,40-41,43-44,47H,34-35H2,1-2H3,(H2,33,46)(H,36,37)/t22-,23+,27+,29+,30-,31+/m1/s1. The van der Waals surface area contributed by atoms with Crippen molar-refractivity contribution in [2.24, 2.45) is 22.6 Å². The lowest BCUT2D eigenvalue weighted by Gasteiger charge is -2.61. The molecule has 0 aliphatic heterocycles. The summed E-state index contributed by atoms with van der Waals surface area (Å²) in [5, 5.41) is 84.5. The Morgan fingerprint density at radius 1 is 1.16 bits per heavy atom. The Morgan fingerprint density at radius 2 is 1.84 bits per heavy atom. The van der Waals surface area contributed by atoms with E-state index in [1.165, 1.54) is 44.4 Å². The molecule has 0 saturated heterocycles. The highest BCUT2D eigenvalue weighted by atomic mass is 32.1.